The van der Waals surface area contributed by atoms with E-state index in [0.717, 1.165) is 25.7 Å². The van der Waals surface area contributed by atoms with E-state index in [2.05, 4.69) is 5.32 Å². The zero-order valence-corrected chi connectivity index (χ0v) is 11.7. The molecule has 4 nitrogen and oxygen atoms in total. The molecule has 0 heterocycles. The second-order valence-electron chi connectivity index (χ2n) is 4.99. The minimum absolute atomic E-state index is 0. The van der Waals surface area contributed by atoms with E-state index in [9.17, 15) is 9.90 Å². The number of amides is 1. The van der Waals surface area contributed by atoms with E-state index in [0.29, 0.717) is 12.1 Å². The molecule has 0 bridgehead atoms. The standard InChI is InChI=1S/C14H20N2O2.ClH/c15-10-14(8-4-5-9-14)16-13(18)12(17)11-6-2-1-3-7-11;/h1-3,6-7,12,17H,4-5,8-10,15H2,(H,16,18);1H. The van der Waals surface area contributed by atoms with Crippen LogP contribution in [0.1, 0.15) is 37.4 Å². The van der Waals surface area contributed by atoms with Gasteiger partial charge in [0.25, 0.3) is 5.91 Å². The monoisotopic (exact) mass is 284 g/mol. The van der Waals surface area contributed by atoms with E-state index >= 15 is 0 Å². The van der Waals surface area contributed by atoms with E-state index in [-0.39, 0.29) is 23.9 Å². The number of halogens is 1. The molecule has 1 saturated carbocycles. The molecule has 1 amide bonds. The van der Waals surface area contributed by atoms with Gasteiger partial charge in [-0.2, -0.15) is 0 Å². The summed E-state index contributed by atoms with van der Waals surface area (Å²) in [6, 6.07) is 8.95. The Balaban J connectivity index is 0.00000180. The van der Waals surface area contributed by atoms with Gasteiger partial charge in [-0.3, -0.25) is 4.79 Å². The molecule has 1 aliphatic carbocycles. The lowest BCUT2D eigenvalue weighted by Gasteiger charge is -2.29. The van der Waals surface area contributed by atoms with Crippen LogP contribution in [0.2, 0.25) is 0 Å². The van der Waals surface area contributed by atoms with Gasteiger partial charge < -0.3 is 16.2 Å². The van der Waals surface area contributed by atoms with E-state index in [1.807, 2.05) is 6.07 Å². The van der Waals surface area contributed by atoms with Crippen LogP contribution in [0.4, 0.5) is 0 Å². The van der Waals surface area contributed by atoms with Crippen LogP contribution in [0, 0.1) is 0 Å². The highest BCUT2D eigenvalue weighted by atomic mass is 35.5. The molecular formula is C14H21ClN2O2. The molecule has 1 fully saturated rings. The van der Waals surface area contributed by atoms with Crippen LogP contribution in [0.3, 0.4) is 0 Å². The van der Waals surface area contributed by atoms with Crippen molar-refractivity contribution in [1.82, 2.24) is 5.32 Å². The van der Waals surface area contributed by atoms with Crippen LogP contribution >= 0.6 is 12.4 Å². The van der Waals surface area contributed by atoms with Crippen molar-refractivity contribution in [1.29, 1.82) is 0 Å². The van der Waals surface area contributed by atoms with Gasteiger partial charge in [-0.15, -0.1) is 12.4 Å². The third-order valence-electron chi connectivity index (χ3n) is 3.70. The second kappa shape index (κ2) is 6.89. The van der Waals surface area contributed by atoms with Crippen molar-refractivity contribution in [3.05, 3.63) is 35.9 Å². The zero-order chi connectivity index (χ0) is 13.0. The molecule has 2 rings (SSSR count). The third kappa shape index (κ3) is 3.69. The number of aliphatic hydroxyl groups excluding tert-OH is 1. The fourth-order valence-electron chi connectivity index (χ4n) is 2.55. The average molecular weight is 285 g/mol. The minimum Gasteiger partial charge on any atom is -0.378 e. The van der Waals surface area contributed by atoms with Gasteiger partial charge in [0.1, 0.15) is 0 Å². The van der Waals surface area contributed by atoms with Crippen molar-refractivity contribution in [2.75, 3.05) is 6.54 Å². The fraction of sp³-hybridized carbons (Fsp3) is 0.500. The first-order valence-electron chi connectivity index (χ1n) is 6.42. The summed E-state index contributed by atoms with van der Waals surface area (Å²) in [5, 5.41) is 12.9. The molecule has 0 radical (unpaired) electrons. The largest absolute Gasteiger partial charge is 0.378 e. The molecule has 1 aromatic carbocycles. The van der Waals surface area contributed by atoms with Gasteiger partial charge in [-0.05, 0) is 18.4 Å². The molecule has 0 spiro atoms. The first-order chi connectivity index (χ1) is 8.67. The number of hydrogen-bond acceptors (Lipinski definition) is 3. The van der Waals surface area contributed by atoms with Crippen LogP contribution in [-0.4, -0.2) is 23.1 Å². The van der Waals surface area contributed by atoms with Crippen LogP contribution in [0.25, 0.3) is 0 Å². The van der Waals surface area contributed by atoms with Crippen LogP contribution in [0.5, 0.6) is 0 Å². The van der Waals surface area contributed by atoms with E-state index in [4.69, 9.17) is 5.73 Å². The molecule has 0 aromatic heterocycles. The number of aliphatic hydroxyl groups is 1. The molecule has 0 saturated heterocycles. The van der Waals surface area contributed by atoms with Gasteiger partial charge in [0, 0.05) is 6.54 Å². The lowest BCUT2D eigenvalue weighted by Crippen LogP contribution is -2.53. The van der Waals surface area contributed by atoms with Gasteiger partial charge in [-0.1, -0.05) is 43.2 Å². The summed E-state index contributed by atoms with van der Waals surface area (Å²) in [6.07, 6.45) is 2.85. The minimum atomic E-state index is -1.12. The van der Waals surface area contributed by atoms with Crippen LogP contribution in [0.15, 0.2) is 30.3 Å². The summed E-state index contributed by atoms with van der Waals surface area (Å²) < 4.78 is 0. The molecule has 0 aliphatic heterocycles. The van der Waals surface area contributed by atoms with Crippen molar-refractivity contribution in [2.24, 2.45) is 5.73 Å². The molecule has 1 unspecified atom stereocenters. The number of nitrogens with two attached hydrogens (primary N) is 1. The molecule has 1 aromatic rings. The molecule has 106 valence electrons. The predicted octanol–water partition coefficient (Wildman–Crippen LogP) is 1.53. The van der Waals surface area contributed by atoms with Crippen molar-refractivity contribution >= 4 is 18.3 Å². The Bertz CT molecular complexity index is 405. The number of rotatable bonds is 4. The maximum Gasteiger partial charge on any atom is 0.253 e. The molecule has 1 atom stereocenters. The highest BCUT2D eigenvalue weighted by Gasteiger charge is 2.35. The number of carbonyl (C=O) groups excluding carboxylic acids is 1. The SMILES string of the molecule is Cl.NCC1(NC(=O)C(O)c2ccccc2)CCCC1. The number of carbonyl (C=O) groups is 1. The number of benzene rings is 1. The highest BCUT2D eigenvalue weighted by molar-refractivity contribution is 5.85. The Morgan fingerprint density at radius 1 is 1.32 bits per heavy atom. The topological polar surface area (TPSA) is 75.3 Å². The summed E-state index contributed by atoms with van der Waals surface area (Å²) in [5.74, 6) is -0.353. The summed E-state index contributed by atoms with van der Waals surface area (Å²) in [7, 11) is 0. The second-order valence-corrected chi connectivity index (χ2v) is 4.99. The quantitative estimate of drug-likeness (QED) is 0.785. The maximum atomic E-state index is 12.0. The van der Waals surface area contributed by atoms with Gasteiger partial charge in [0.05, 0.1) is 5.54 Å². The summed E-state index contributed by atoms with van der Waals surface area (Å²) >= 11 is 0. The Labute approximate surface area is 119 Å². The number of nitrogens with one attached hydrogen (secondary N) is 1. The first kappa shape index (κ1) is 16.0. The summed E-state index contributed by atoms with van der Waals surface area (Å²) in [4.78, 5) is 12.0. The maximum absolute atomic E-state index is 12.0. The van der Waals surface area contributed by atoms with E-state index < -0.39 is 6.10 Å². The normalized spacial score (nSPS) is 18.4. The van der Waals surface area contributed by atoms with Crippen molar-refractivity contribution in [2.45, 2.75) is 37.3 Å². The predicted molar refractivity (Wildman–Crippen MR) is 77.0 cm³/mol. The van der Waals surface area contributed by atoms with Gasteiger partial charge in [-0.25, -0.2) is 0 Å². The van der Waals surface area contributed by atoms with Crippen LogP contribution < -0.4 is 11.1 Å². The van der Waals surface area contributed by atoms with Gasteiger partial charge >= 0.3 is 0 Å². The van der Waals surface area contributed by atoms with Crippen LogP contribution in [-0.2, 0) is 4.79 Å². The highest BCUT2D eigenvalue weighted by Crippen LogP contribution is 2.29. The number of hydrogen-bond donors (Lipinski definition) is 3. The molecule has 19 heavy (non-hydrogen) atoms. The Morgan fingerprint density at radius 2 is 1.89 bits per heavy atom. The van der Waals surface area contributed by atoms with Crippen molar-refractivity contribution < 1.29 is 9.90 Å². The van der Waals surface area contributed by atoms with Crippen molar-refractivity contribution in [3.63, 3.8) is 0 Å². The molecule has 1 aliphatic rings. The Hall–Kier alpha value is -1.10. The first-order valence-corrected chi connectivity index (χ1v) is 6.42. The Morgan fingerprint density at radius 3 is 2.42 bits per heavy atom. The fourth-order valence-corrected chi connectivity index (χ4v) is 2.55. The summed E-state index contributed by atoms with van der Waals surface area (Å²) in [5.41, 5.74) is 6.06. The van der Waals surface area contributed by atoms with E-state index in [1.165, 1.54) is 0 Å². The summed E-state index contributed by atoms with van der Waals surface area (Å²) in [6.45, 7) is 0.431. The lowest BCUT2D eigenvalue weighted by molar-refractivity contribution is -0.131. The molecule has 4 N–H and O–H groups in total. The molecular weight excluding hydrogens is 264 g/mol. The smallest absolute Gasteiger partial charge is 0.253 e. The molecule has 5 heteroatoms. The Kier molecular flexibility index (Phi) is 5.79. The van der Waals surface area contributed by atoms with Gasteiger partial charge in [0.15, 0.2) is 6.10 Å². The van der Waals surface area contributed by atoms with E-state index in [1.54, 1.807) is 24.3 Å². The lowest BCUT2D eigenvalue weighted by atomic mass is 9.97. The van der Waals surface area contributed by atoms with Crippen molar-refractivity contribution in [3.8, 4) is 0 Å². The van der Waals surface area contributed by atoms with Gasteiger partial charge in [0.2, 0.25) is 0 Å². The average Bonchev–Trinajstić information content (AvgIpc) is 2.88. The third-order valence-corrected chi connectivity index (χ3v) is 3.70. The zero-order valence-electron chi connectivity index (χ0n) is 10.8.